The van der Waals surface area contributed by atoms with Gasteiger partial charge in [0.2, 0.25) is 0 Å². The van der Waals surface area contributed by atoms with Crippen molar-refractivity contribution >= 4 is 25.4 Å². The highest BCUT2D eigenvalue weighted by Gasteiger charge is 1.96. The minimum Gasteiger partial charge on any atom is -0.278 e. The van der Waals surface area contributed by atoms with E-state index in [0.717, 1.165) is 17.0 Å². The largest absolute Gasteiger partial charge is 0.278 e. The third-order valence-electron chi connectivity index (χ3n) is 0.368. The number of nitrogens with two attached hydrogens (primary N) is 1. The van der Waals surface area contributed by atoms with Crippen molar-refractivity contribution in [1.29, 1.82) is 0 Å². The molecular weight excluding hydrogens is 149 g/mol. The Morgan fingerprint density at radius 1 is 1.71 bits per heavy atom. The van der Waals surface area contributed by atoms with Crippen LogP contribution >= 0.6 is 25.4 Å². The second-order valence-electron chi connectivity index (χ2n) is 0.813. The van der Waals surface area contributed by atoms with Gasteiger partial charge in [0.05, 0.1) is 0 Å². The fourth-order valence-corrected chi connectivity index (χ4v) is 2.54. The predicted octanol–water partition coefficient (Wildman–Crippen LogP) is 1.86. The van der Waals surface area contributed by atoms with E-state index < -0.39 is 8.37 Å². The van der Waals surface area contributed by atoms with Crippen molar-refractivity contribution in [3.05, 3.63) is 0 Å². The van der Waals surface area contributed by atoms with E-state index in [2.05, 4.69) is 13.9 Å². The molecule has 4 nitrogen and oxygen atoms in total. The Morgan fingerprint density at radius 3 is 2.86 bits per heavy atom. The fraction of sp³-hybridized carbons (Fsp3) is 0. The molecule has 0 saturated carbocycles. The molecule has 1 aliphatic heterocycles. The fourth-order valence-electron chi connectivity index (χ4n) is 0.167. The Morgan fingerprint density at radius 2 is 2.57 bits per heavy atom. The molecule has 0 aliphatic carbocycles. The molecule has 1 aliphatic rings. The summed E-state index contributed by atoms with van der Waals surface area (Å²) in [7, 11) is 0.902. The summed E-state index contributed by atoms with van der Waals surface area (Å²) in [5.41, 5.74) is 5.35. The molecule has 0 radical (unpaired) electrons. The van der Waals surface area contributed by atoms with E-state index >= 15 is 0 Å². The van der Waals surface area contributed by atoms with Crippen molar-refractivity contribution in [3.63, 3.8) is 0 Å². The van der Waals surface area contributed by atoms with Crippen LogP contribution in [0.25, 0.3) is 0 Å². The van der Waals surface area contributed by atoms with Gasteiger partial charge in [-0.05, 0) is 0 Å². The van der Waals surface area contributed by atoms with Gasteiger partial charge >= 0.3 is 0 Å². The van der Waals surface area contributed by atoms with Gasteiger partial charge in [0.1, 0.15) is 8.52 Å². The number of hydrogen-bond donors (Lipinski definition) is 2. The zero-order valence-electron chi connectivity index (χ0n) is 3.31. The van der Waals surface area contributed by atoms with E-state index in [-0.39, 0.29) is 0 Å². The first-order valence-electron chi connectivity index (χ1n) is 1.51. The lowest BCUT2D eigenvalue weighted by molar-refractivity contribution is 1.55. The van der Waals surface area contributed by atoms with Gasteiger partial charge in [0.15, 0.2) is 16.9 Å². The van der Waals surface area contributed by atoms with Gasteiger partial charge in [-0.1, -0.05) is 0 Å². The van der Waals surface area contributed by atoms with Crippen molar-refractivity contribution in [3.8, 4) is 0 Å². The Kier molecular flexibility index (Phi) is 2.24. The maximum Gasteiger partial charge on any atom is 0.176 e. The van der Waals surface area contributed by atoms with Crippen LogP contribution in [-0.4, -0.2) is 0 Å². The molecule has 7 heteroatoms. The van der Waals surface area contributed by atoms with Crippen LogP contribution in [0.1, 0.15) is 0 Å². The number of nitrogens with zero attached hydrogens (tertiary/aromatic N) is 2. The van der Waals surface area contributed by atoms with E-state index in [0.29, 0.717) is 0 Å². The van der Waals surface area contributed by atoms with E-state index in [1.54, 1.807) is 0 Å². The van der Waals surface area contributed by atoms with Gasteiger partial charge in [-0.25, -0.2) is 4.86 Å². The van der Waals surface area contributed by atoms with Gasteiger partial charge < -0.3 is 0 Å². The van der Waals surface area contributed by atoms with Crippen LogP contribution in [0.15, 0.2) is 9.03 Å². The third-order valence-corrected chi connectivity index (χ3v) is 3.31. The van der Waals surface area contributed by atoms with Crippen LogP contribution < -0.4 is 10.4 Å². The highest BCUT2D eigenvalue weighted by Crippen LogP contribution is 2.35. The first-order valence-corrected chi connectivity index (χ1v) is 4.52. The van der Waals surface area contributed by atoms with Crippen LogP contribution in [0.5, 0.6) is 0 Å². The summed E-state index contributed by atoms with van der Waals surface area (Å²) in [5, 5.41) is 0. The van der Waals surface area contributed by atoms with Crippen molar-refractivity contribution in [2.45, 2.75) is 0 Å². The monoisotopic (exact) mass is 152 g/mol. The molecule has 1 atom stereocenters. The van der Waals surface area contributed by atoms with Gasteiger partial charge in [0.25, 0.3) is 0 Å². The normalized spacial score (nSPS) is 33.0. The van der Waals surface area contributed by atoms with Crippen LogP contribution in [0.4, 0.5) is 0 Å². The van der Waals surface area contributed by atoms with E-state index in [9.17, 15) is 0 Å². The molecule has 0 fully saturated rings. The molecule has 3 N–H and O–H groups in total. The summed E-state index contributed by atoms with van der Waals surface area (Å²) in [6.45, 7) is 0. The van der Waals surface area contributed by atoms with E-state index in [1.165, 1.54) is 0 Å². The highest BCUT2D eigenvalue weighted by molar-refractivity contribution is 7.65. The first kappa shape index (κ1) is 5.68. The van der Waals surface area contributed by atoms with Crippen LogP contribution in [0.3, 0.4) is 0 Å². The number of rotatable bonds is 0. The van der Waals surface area contributed by atoms with Gasteiger partial charge in [-0.2, -0.15) is 9.03 Å². The average molecular weight is 152 g/mol. The molecule has 1 unspecified atom stereocenters. The molecule has 0 aromatic carbocycles. The quantitative estimate of drug-likeness (QED) is 0.520. The molecule has 0 amide bonds. The lowest BCUT2D eigenvalue weighted by Gasteiger charge is -2.00. The van der Waals surface area contributed by atoms with Crippen molar-refractivity contribution in [2.75, 3.05) is 0 Å². The molecule has 1 rings (SSSR count). The minimum absolute atomic E-state index is 0.735. The maximum absolute atomic E-state index is 5.35. The van der Waals surface area contributed by atoms with Crippen molar-refractivity contribution in [1.82, 2.24) is 4.86 Å². The molecule has 0 saturated heterocycles. The number of nitrogens with one attached hydrogen (secondary N) is 1. The Labute approximate surface area is 45.7 Å². The highest BCUT2D eigenvalue weighted by atomic mass is 31.2. The Hall–Kier alpha value is 0.550. The molecule has 0 spiro atoms. The topological polar surface area (TPSA) is 62.8 Å². The Bertz CT molecular complexity index is 106. The summed E-state index contributed by atoms with van der Waals surface area (Å²) in [5.74, 6) is 0. The molecular formula is H3N4P3. The average Bonchev–Trinajstić information content (AvgIpc) is 1.69. The molecule has 38 valence electrons. The minimum atomic E-state index is -0.735. The Balaban J connectivity index is 2.49. The maximum atomic E-state index is 5.35. The van der Waals surface area contributed by atoms with Gasteiger partial charge in [-0.15, -0.1) is 0 Å². The van der Waals surface area contributed by atoms with E-state index in [4.69, 9.17) is 5.50 Å². The van der Waals surface area contributed by atoms with Crippen LogP contribution in [0.2, 0.25) is 0 Å². The summed E-state index contributed by atoms with van der Waals surface area (Å²) >= 11 is 0. The van der Waals surface area contributed by atoms with Crippen LogP contribution in [-0.2, 0) is 0 Å². The third kappa shape index (κ3) is 1.85. The second-order valence-corrected chi connectivity index (χ2v) is 4.11. The van der Waals surface area contributed by atoms with Gasteiger partial charge in [0, 0.05) is 0 Å². The lowest BCUT2D eigenvalue weighted by Crippen LogP contribution is -1.95. The molecule has 7 heavy (non-hydrogen) atoms. The summed E-state index contributed by atoms with van der Waals surface area (Å²) in [6, 6.07) is 0. The van der Waals surface area contributed by atoms with Crippen LogP contribution in [0, 0.1) is 0 Å². The number of hydrogen-bond acceptors (Lipinski definition) is 4. The van der Waals surface area contributed by atoms with E-state index in [1.807, 2.05) is 0 Å². The molecule has 0 bridgehead atoms. The zero-order chi connectivity index (χ0) is 5.11. The standard InChI is InChI=1S/H3N4P3/c1-7-3-5-2-6-4-7/h1H2,(H,2,3,4). The SMILES string of the molecule is NP1N=PN=PN1. The molecule has 0 aromatic rings. The van der Waals surface area contributed by atoms with Crippen molar-refractivity contribution in [2.24, 2.45) is 14.5 Å². The smallest absolute Gasteiger partial charge is 0.176 e. The molecule has 1 heterocycles. The molecule has 0 aromatic heterocycles. The first-order chi connectivity index (χ1) is 3.39. The van der Waals surface area contributed by atoms with Crippen molar-refractivity contribution < 1.29 is 0 Å². The lowest BCUT2D eigenvalue weighted by atomic mass is 13.8. The van der Waals surface area contributed by atoms with Gasteiger partial charge in [-0.3, -0.25) is 5.50 Å². The second kappa shape index (κ2) is 2.76. The zero-order valence-corrected chi connectivity index (χ0v) is 6.00. The summed E-state index contributed by atoms with van der Waals surface area (Å²) < 4.78 is 7.69. The summed E-state index contributed by atoms with van der Waals surface area (Å²) in [4.78, 5) is 2.86. The summed E-state index contributed by atoms with van der Waals surface area (Å²) in [6.07, 6.45) is 0. The predicted molar refractivity (Wildman–Crippen MR) is 32.9 cm³/mol.